The van der Waals surface area contributed by atoms with Crippen LogP contribution in [0.4, 0.5) is 0 Å². The zero-order valence-corrected chi connectivity index (χ0v) is 14.5. The Balaban J connectivity index is 2.22. The van der Waals surface area contributed by atoms with Crippen molar-refractivity contribution in [2.45, 2.75) is 47.0 Å². The topological polar surface area (TPSA) is 40.6 Å². The summed E-state index contributed by atoms with van der Waals surface area (Å²) >= 11 is 0. The molecule has 0 aromatic carbocycles. The van der Waals surface area contributed by atoms with E-state index in [1.807, 2.05) is 18.7 Å². The summed E-state index contributed by atoms with van der Waals surface area (Å²) < 4.78 is 0. The van der Waals surface area contributed by atoms with Crippen molar-refractivity contribution in [1.29, 1.82) is 0 Å². The number of carbonyl (C=O) groups is 2. The van der Waals surface area contributed by atoms with Crippen LogP contribution < -0.4 is 0 Å². The Bertz CT molecular complexity index is 424. The number of piperazine rings is 1. The van der Waals surface area contributed by atoms with E-state index < -0.39 is 0 Å². The van der Waals surface area contributed by atoms with Gasteiger partial charge in [0.2, 0.25) is 5.91 Å². The van der Waals surface area contributed by atoms with Crippen LogP contribution in [0.15, 0.2) is 0 Å². The summed E-state index contributed by atoms with van der Waals surface area (Å²) in [5, 5.41) is 0. The molecular weight excluding hydrogens is 276 g/mol. The minimum Gasteiger partial charge on any atom is -0.340 e. The lowest BCUT2D eigenvalue weighted by Crippen LogP contribution is -2.48. The molecule has 0 aromatic heterocycles. The number of hydrogen-bond acceptors (Lipinski definition) is 3. The van der Waals surface area contributed by atoms with Gasteiger partial charge in [0.25, 0.3) is 0 Å². The zero-order chi connectivity index (χ0) is 16.5. The van der Waals surface area contributed by atoms with Gasteiger partial charge in [0, 0.05) is 50.9 Å². The Morgan fingerprint density at radius 2 is 1.64 bits per heavy atom. The van der Waals surface area contributed by atoms with E-state index >= 15 is 0 Å². The van der Waals surface area contributed by atoms with Crippen LogP contribution in [0.2, 0.25) is 0 Å². The molecule has 1 aliphatic rings. The van der Waals surface area contributed by atoms with Gasteiger partial charge in [0.05, 0.1) is 6.54 Å². The van der Waals surface area contributed by atoms with E-state index in [1.165, 1.54) is 0 Å². The number of nitrogens with zero attached hydrogens (tertiary/aromatic N) is 2. The maximum absolute atomic E-state index is 12.1. The van der Waals surface area contributed by atoms with Crippen molar-refractivity contribution in [1.82, 2.24) is 9.80 Å². The normalized spacial score (nSPS) is 15.8. The van der Waals surface area contributed by atoms with Gasteiger partial charge < -0.3 is 4.90 Å². The monoisotopic (exact) mass is 306 g/mol. The van der Waals surface area contributed by atoms with E-state index in [0.29, 0.717) is 25.2 Å². The third-order valence-corrected chi connectivity index (χ3v) is 3.88. The highest BCUT2D eigenvalue weighted by Gasteiger charge is 2.20. The van der Waals surface area contributed by atoms with E-state index in [0.717, 1.165) is 32.7 Å². The molecule has 0 aromatic rings. The standard InChI is InChI=1S/C18H30N2O2/c1-15(2)7-6-10-19-11-13-20(14-12-19)18(22)9-5-8-17(21)16(3)4/h15-16H,5,8-14H2,1-4H3. The molecule has 1 aliphatic heterocycles. The first kappa shape index (κ1) is 18.7. The average Bonchev–Trinajstić information content (AvgIpc) is 2.47. The van der Waals surface area contributed by atoms with Crippen LogP contribution >= 0.6 is 0 Å². The number of hydrogen-bond donors (Lipinski definition) is 0. The molecule has 22 heavy (non-hydrogen) atoms. The fourth-order valence-corrected chi connectivity index (χ4v) is 2.38. The van der Waals surface area contributed by atoms with Crippen molar-refractivity contribution < 1.29 is 9.59 Å². The van der Waals surface area contributed by atoms with Crippen molar-refractivity contribution in [2.24, 2.45) is 11.8 Å². The SMILES string of the molecule is CC(C)C#CCN1CCN(C(=O)CCCC(=O)C(C)C)CC1. The van der Waals surface area contributed by atoms with Crippen LogP contribution in [-0.2, 0) is 9.59 Å². The molecule has 124 valence electrons. The molecule has 4 heteroatoms. The minimum atomic E-state index is 0.0746. The summed E-state index contributed by atoms with van der Waals surface area (Å²) in [5.74, 6) is 7.28. The minimum absolute atomic E-state index is 0.0746. The van der Waals surface area contributed by atoms with Gasteiger partial charge in [-0.25, -0.2) is 0 Å². The molecule has 1 rings (SSSR count). The fraction of sp³-hybridized carbons (Fsp3) is 0.778. The van der Waals surface area contributed by atoms with Crippen LogP contribution in [-0.4, -0.2) is 54.2 Å². The number of amides is 1. The Labute approximate surface area is 135 Å². The second kappa shape index (κ2) is 9.63. The molecule has 1 amide bonds. The largest absolute Gasteiger partial charge is 0.340 e. The number of Topliss-reactive ketones (excluding diaryl/α,β-unsaturated/α-hetero) is 1. The van der Waals surface area contributed by atoms with Gasteiger partial charge in [-0.2, -0.15) is 0 Å². The Morgan fingerprint density at radius 1 is 1.00 bits per heavy atom. The second-order valence-electron chi connectivity index (χ2n) is 6.61. The quantitative estimate of drug-likeness (QED) is 0.706. The van der Waals surface area contributed by atoms with Gasteiger partial charge in [0.15, 0.2) is 0 Å². The first-order valence-electron chi connectivity index (χ1n) is 8.41. The van der Waals surface area contributed by atoms with Gasteiger partial charge in [-0.3, -0.25) is 14.5 Å². The number of rotatable bonds is 6. The van der Waals surface area contributed by atoms with E-state index in [1.54, 1.807) is 0 Å². The van der Waals surface area contributed by atoms with Crippen LogP contribution in [0, 0.1) is 23.7 Å². The van der Waals surface area contributed by atoms with Crippen molar-refractivity contribution in [2.75, 3.05) is 32.7 Å². The molecule has 4 nitrogen and oxygen atoms in total. The zero-order valence-electron chi connectivity index (χ0n) is 14.5. The van der Waals surface area contributed by atoms with E-state index in [4.69, 9.17) is 0 Å². The lowest BCUT2D eigenvalue weighted by atomic mass is 10.0. The summed E-state index contributed by atoms with van der Waals surface area (Å²) in [6.07, 6.45) is 1.69. The molecule has 0 unspecified atom stereocenters. The number of carbonyl (C=O) groups excluding carboxylic acids is 2. The predicted octanol–water partition coefficient (Wildman–Crippen LogP) is 2.19. The summed E-state index contributed by atoms with van der Waals surface area (Å²) in [6.45, 7) is 12.1. The van der Waals surface area contributed by atoms with Crippen LogP contribution in [0.3, 0.4) is 0 Å². The highest BCUT2D eigenvalue weighted by Crippen LogP contribution is 2.08. The lowest BCUT2D eigenvalue weighted by molar-refractivity contribution is -0.133. The van der Waals surface area contributed by atoms with E-state index in [-0.39, 0.29) is 17.6 Å². The highest BCUT2D eigenvalue weighted by atomic mass is 16.2. The van der Waals surface area contributed by atoms with Crippen molar-refractivity contribution >= 4 is 11.7 Å². The summed E-state index contributed by atoms with van der Waals surface area (Å²) in [6, 6.07) is 0. The molecule has 0 atom stereocenters. The molecule has 0 radical (unpaired) electrons. The summed E-state index contributed by atoms with van der Waals surface area (Å²) in [7, 11) is 0. The smallest absolute Gasteiger partial charge is 0.222 e. The second-order valence-corrected chi connectivity index (χ2v) is 6.61. The van der Waals surface area contributed by atoms with Crippen LogP contribution in [0.1, 0.15) is 47.0 Å². The molecule has 1 saturated heterocycles. The van der Waals surface area contributed by atoms with Crippen molar-refractivity contribution in [3.05, 3.63) is 0 Å². The Morgan fingerprint density at radius 3 is 2.18 bits per heavy atom. The molecular formula is C18H30N2O2. The third kappa shape index (κ3) is 7.09. The molecule has 0 N–H and O–H groups in total. The highest BCUT2D eigenvalue weighted by molar-refractivity contribution is 5.81. The average molecular weight is 306 g/mol. The van der Waals surface area contributed by atoms with Crippen LogP contribution in [0.5, 0.6) is 0 Å². The van der Waals surface area contributed by atoms with Gasteiger partial charge >= 0.3 is 0 Å². The molecule has 1 heterocycles. The lowest BCUT2D eigenvalue weighted by Gasteiger charge is -2.33. The third-order valence-electron chi connectivity index (χ3n) is 3.88. The maximum atomic E-state index is 12.1. The summed E-state index contributed by atoms with van der Waals surface area (Å²) in [5.41, 5.74) is 0. The first-order chi connectivity index (χ1) is 10.4. The molecule has 1 fully saturated rings. The van der Waals surface area contributed by atoms with E-state index in [9.17, 15) is 9.59 Å². The molecule has 0 spiro atoms. The van der Waals surface area contributed by atoms with Crippen LogP contribution in [0.25, 0.3) is 0 Å². The first-order valence-corrected chi connectivity index (χ1v) is 8.41. The van der Waals surface area contributed by atoms with Crippen molar-refractivity contribution in [3.63, 3.8) is 0 Å². The van der Waals surface area contributed by atoms with Gasteiger partial charge in [-0.15, -0.1) is 0 Å². The summed E-state index contributed by atoms with van der Waals surface area (Å²) in [4.78, 5) is 27.9. The molecule has 0 saturated carbocycles. The number of ketones is 1. The molecule has 0 aliphatic carbocycles. The van der Waals surface area contributed by atoms with Gasteiger partial charge in [-0.05, 0) is 6.42 Å². The van der Waals surface area contributed by atoms with Gasteiger partial charge in [0.1, 0.15) is 5.78 Å². The Hall–Kier alpha value is -1.34. The predicted molar refractivity (Wildman–Crippen MR) is 89.3 cm³/mol. The van der Waals surface area contributed by atoms with Crippen molar-refractivity contribution in [3.8, 4) is 11.8 Å². The van der Waals surface area contributed by atoms with E-state index in [2.05, 4.69) is 30.6 Å². The fourth-order valence-electron chi connectivity index (χ4n) is 2.38. The van der Waals surface area contributed by atoms with Gasteiger partial charge in [-0.1, -0.05) is 39.5 Å². The molecule has 0 bridgehead atoms. The Kier molecular flexibility index (Phi) is 8.19. The maximum Gasteiger partial charge on any atom is 0.222 e.